The fourth-order valence-corrected chi connectivity index (χ4v) is 2.53. The van der Waals surface area contributed by atoms with Gasteiger partial charge in [-0.1, -0.05) is 11.6 Å². The summed E-state index contributed by atoms with van der Waals surface area (Å²) in [5, 5.41) is 1.01. The Morgan fingerprint density at radius 1 is 1.19 bits per heavy atom. The van der Waals surface area contributed by atoms with Crippen LogP contribution >= 0.6 is 0 Å². The van der Waals surface area contributed by atoms with Crippen LogP contribution in [0, 0.1) is 6.92 Å². The summed E-state index contributed by atoms with van der Waals surface area (Å²) < 4.78 is 0. The maximum atomic E-state index is 12.1. The second-order valence-electron chi connectivity index (χ2n) is 5.28. The molecule has 0 bridgehead atoms. The molecule has 1 aromatic heterocycles. The highest BCUT2D eigenvalue weighted by Gasteiger charge is 2.11. The summed E-state index contributed by atoms with van der Waals surface area (Å²) in [5.41, 5.74) is 2.57. The van der Waals surface area contributed by atoms with Gasteiger partial charge in [0, 0.05) is 30.6 Å². The van der Waals surface area contributed by atoms with Gasteiger partial charge in [-0.3, -0.25) is 9.59 Å². The van der Waals surface area contributed by atoms with E-state index in [-0.39, 0.29) is 11.5 Å². The average Bonchev–Trinajstić information content (AvgIpc) is 2.46. The van der Waals surface area contributed by atoms with Crippen LogP contribution in [0.5, 0.6) is 0 Å². The first-order valence-electron chi connectivity index (χ1n) is 7.45. The van der Waals surface area contributed by atoms with Gasteiger partial charge in [-0.05, 0) is 50.8 Å². The van der Waals surface area contributed by atoms with E-state index in [9.17, 15) is 9.59 Å². The van der Waals surface area contributed by atoms with Crippen molar-refractivity contribution in [3.05, 3.63) is 45.7 Å². The van der Waals surface area contributed by atoms with E-state index in [1.165, 1.54) is 0 Å². The maximum absolute atomic E-state index is 12.1. The van der Waals surface area contributed by atoms with Crippen molar-refractivity contribution in [3.63, 3.8) is 0 Å². The minimum absolute atomic E-state index is 0.0984. The van der Waals surface area contributed by atoms with Gasteiger partial charge in [-0.15, -0.1) is 0 Å². The number of amides is 1. The Hall–Kier alpha value is -2.10. The number of hydrogen-bond acceptors (Lipinski definition) is 2. The number of rotatable bonds is 5. The van der Waals surface area contributed by atoms with E-state index in [2.05, 4.69) is 4.98 Å². The van der Waals surface area contributed by atoms with Gasteiger partial charge in [-0.25, -0.2) is 0 Å². The first-order valence-corrected chi connectivity index (χ1v) is 7.45. The highest BCUT2D eigenvalue weighted by atomic mass is 16.2. The zero-order valence-corrected chi connectivity index (χ0v) is 12.9. The lowest BCUT2D eigenvalue weighted by Crippen LogP contribution is -2.31. The predicted molar refractivity (Wildman–Crippen MR) is 85.6 cm³/mol. The van der Waals surface area contributed by atoms with Crippen LogP contribution in [0.4, 0.5) is 0 Å². The molecular weight excluding hydrogens is 264 g/mol. The Labute approximate surface area is 124 Å². The summed E-state index contributed by atoms with van der Waals surface area (Å²) in [6.45, 7) is 7.37. The molecule has 1 amide bonds. The average molecular weight is 286 g/mol. The van der Waals surface area contributed by atoms with Crippen molar-refractivity contribution in [2.75, 3.05) is 13.1 Å². The summed E-state index contributed by atoms with van der Waals surface area (Å²) in [6, 6.07) is 7.83. The number of fused-ring (bicyclic) bond motifs is 1. The lowest BCUT2D eigenvalue weighted by Gasteiger charge is -2.18. The lowest BCUT2D eigenvalue weighted by molar-refractivity contribution is -0.130. The van der Waals surface area contributed by atoms with Crippen molar-refractivity contribution < 1.29 is 4.79 Å². The minimum Gasteiger partial charge on any atom is -0.343 e. The molecule has 1 aromatic carbocycles. The van der Waals surface area contributed by atoms with Crippen molar-refractivity contribution in [2.24, 2.45) is 0 Å². The first-order chi connectivity index (χ1) is 10.0. The first kappa shape index (κ1) is 15.3. The van der Waals surface area contributed by atoms with Crippen molar-refractivity contribution in [1.82, 2.24) is 9.88 Å². The van der Waals surface area contributed by atoms with Crippen LogP contribution < -0.4 is 5.56 Å². The van der Waals surface area contributed by atoms with E-state index < -0.39 is 0 Å². The molecule has 4 heteroatoms. The van der Waals surface area contributed by atoms with Gasteiger partial charge in [0.1, 0.15) is 0 Å². The highest BCUT2D eigenvalue weighted by Crippen LogP contribution is 2.14. The number of nitrogens with one attached hydrogen (secondary N) is 1. The fourth-order valence-electron chi connectivity index (χ4n) is 2.53. The van der Waals surface area contributed by atoms with Gasteiger partial charge in [0.05, 0.1) is 0 Å². The van der Waals surface area contributed by atoms with Crippen molar-refractivity contribution in [3.8, 4) is 0 Å². The standard InChI is InChI=1S/C17H22N2O2/c1-4-19(5-2)16(20)9-7-13-11-14-10-12(3)6-8-15(14)18-17(13)21/h6,8,10-11H,4-5,7,9H2,1-3H3,(H,18,21). The fraction of sp³-hybridized carbons (Fsp3) is 0.412. The maximum Gasteiger partial charge on any atom is 0.251 e. The molecule has 0 spiro atoms. The molecule has 0 saturated heterocycles. The molecule has 0 unspecified atom stereocenters. The molecule has 21 heavy (non-hydrogen) atoms. The van der Waals surface area contributed by atoms with Gasteiger partial charge in [0.15, 0.2) is 0 Å². The van der Waals surface area contributed by atoms with E-state index in [1.54, 1.807) is 4.90 Å². The molecule has 0 atom stereocenters. The van der Waals surface area contributed by atoms with Gasteiger partial charge in [0.2, 0.25) is 5.91 Å². The number of aryl methyl sites for hydroxylation is 2. The van der Waals surface area contributed by atoms with Crippen LogP contribution in [-0.4, -0.2) is 28.9 Å². The number of nitrogens with zero attached hydrogens (tertiary/aromatic N) is 1. The monoisotopic (exact) mass is 286 g/mol. The molecule has 0 aliphatic carbocycles. The number of carbonyl (C=O) groups excluding carboxylic acids is 1. The molecule has 112 valence electrons. The number of H-pyrrole nitrogens is 1. The van der Waals surface area contributed by atoms with E-state index in [0.717, 1.165) is 16.5 Å². The topological polar surface area (TPSA) is 53.2 Å². The number of aromatic nitrogens is 1. The number of hydrogen-bond donors (Lipinski definition) is 1. The number of pyridine rings is 1. The Kier molecular flexibility index (Phi) is 4.78. The van der Waals surface area contributed by atoms with E-state index >= 15 is 0 Å². The second kappa shape index (κ2) is 6.57. The Bertz CT molecular complexity index is 699. The Morgan fingerprint density at radius 3 is 2.57 bits per heavy atom. The molecule has 0 aliphatic rings. The van der Waals surface area contributed by atoms with Crippen LogP contribution in [0.3, 0.4) is 0 Å². The quantitative estimate of drug-likeness (QED) is 0.918. The Balaban J connectivity index is 2.20. The van der Waals surface area contributed by atoms with E-state index in [0.29, 0.717) is 31.5 Å². The highest BCUT2D eigenvalue weighted by molar-refractivity contribution is 5.80. The summed E-state index contributed by atoms with van der Waals surface area (Å²) in [6.07, 6.45) is 0.858. The molecular formula is C17H22N2O2. The Morgan fingerprint density at radius 2 is 1.90 bits per heavy atom. The van der Waals surface area contributed by atoms with Crippen molar-refractivity contribution >= 4 is 16.8 Å². The molecule has 2 aromatic rings. The van der Waals surface area contributed by atoms with E-state index in [1.807, 2.05) is 45.0 Å². The zero-order valence-electron chi connectivity index (χ0n) is 12.9. The van der Waals surface area contributed by atoms with Crippen LogP contribution in [0.1, 0.15) is 31.4 Å². The van der Waals surface area contributed by atoms with Crippen LogP contribution in [0.2, 0.25) is 0 Å². The number of carbonyl (C=O) groups is 1. The smallest absolute Gasteiger partial charge is 0.251 e. The zero-order chi connectivity index (χ0) is 15.4. The summed E-state index contributed by atoms with van der Waals surface area (Å²) in [7, 11) is 0. The summed E-state index contributed by atoms with van der Waals surface area (Å²) >= 11 is 0. The van der Waals surface area contributed by atoms with Crippen LogP contribution in [-0.2, 0) is 11.2 Å². The summed E-state index contributed by atoms with van der Waals surface area (Å²) in [5.74, 6) is 0.101. The van der Waals surface area contributed by atoms with Crippen LogP contribution in [0.15, 0.2) is 29.1 Å². The summed E-state index contributed by atoms with van der Waals surface area (Å²) in [4.78, 5) is 28.8. The largest absolute Gasteiger partial charge is 0.343 e. The minimum atomic E-state index is -0.0984. The molecule has 4 nitrogen and oxygen atoms in total. The SMILES string of the molecule is CCN(CC)C(=O)CCc1cc2cc(C)ccc2[nH]c1=O. The second-order valence-corrected chi connectivity index (χ2v) is 5.28. The third kappa shape index (κ3) is 3.51. The normalized spacial score (nSPS) is 10.8. The predicted octanol–water partition coefficient (Wildman–Crippen LogP) is 2.64. The lowest BCUT2D eigenvalue weighted by atomic mass is 10.1. The van der Waals surface area contributed by atoms with Gasteiger partial charge in [-0.2, -0.15) is 0 Å². The van der Waals surface area contributed by atoms with Gasteiger partial charge in [0.25, 0.3) is 5.56 Å². The van der Waals surface area contributed by atoms with Crippen LogP contribution in [0.25, 0.3) is 10.9 Å². The number of benzene rings is 1. The molecule has 1 heterocycles. The molecule has 0 aliphatic heterocycles. The van der Waals surface area contributed by atoms with E-state index in [4.69, 9.17) is 0 Å². The molecule has 0 radical (unpaired) electrons. The van der Waals surface area contributed by atoms with Crippen molar-refractivity contribution in [1.29, 1.82) is 0 Å². The molecule has 1 N–H and O–H groups in total. The van der Waals surface area contributed by atoms with Gasteiger partial charge < -0.3 is 9.88 Å². The molecule has 2 rings (SSSR count). The molecule has 0 saturated carbocycles. The third-order valence-electron chi connectivity index (χ3n) is 3.80. The third-order valence-corrected chi connectivity index (χ3v) is 3.80. The van der Waals surface area contributed by atoms with Gasteiger partial charge >= 0.3 is 0 Å². The molecule has 0 fully saturated rings. The number of aromatic amines is 1. The van der Waals surface area contributed by atoms with Crippen molar-refractivity contribution in [2.45, 2.75) is 33.6 Å².